The van der Waals surface area contributed by atoms with Crippen molar-refractivity contribution in [1.29, 1.82) is 0 Å². The Hall–Kier alpha value is -1.31. The molecule has 1 atom stereocenters. The number of sulfonamides is 1. The van der Waals surface area contributed by atoms with Crippen molar-refractivity contribution >= 4 is 15.7 Å². The molecule has 1 aliphatic carbocycles. The molecular weight excluding hydrogens is 290 g/mol. The van der Waals surface area contributed by atoms with Crippen molar-refractivity contribution in [3.05, 3.63) is 18.2 Å². The van der Waals surface area contributed by atoms with Crippen LogP contribution in [0.15, 0.2) is 23.1 Å². The Balaban J connectivity index is 1.77. The molecule has 21 heavy (non-hydrogen) atoms. The summed E-state index contributed by atoms with van der Waals surface area (Å²) in [6, 6.07) is 5.72. The van der Waals surface area contributed by atoms with Gasteiger partial charge in [0.05, 0.1) is 17.7 Å². The second-order valence-electron chi connectivity index (χ2n) is 5.76. The van der Waals surface area contributed by atoms with Gasteiger partial charge in [0.25, 0.3) is 0 Å². The van der Waals surface area contributed by atoms with Crippen molar-refractivity contribution in [3.8, 4) is 5.75 Å². The highest BCUT2D eigenvalue weighted by molar-refractivity contribution is 7.89. The van der Waals surface area contributed by atoms with Crippen LogP contribution in [0.25, 0.3) is 0 Å². The van der Waals surface area contributed by atoms with Crippen LogP contribution in [-0.4, -0.2) is 45.6 Å². The highest BCUT2D eigenvalue weighted by Crippen LogP contribution is 2.32. The summed E-state index contributed by atoms with van der Waals surface area (Å²) in [6.45, 7) is 2.09. The van der Waals surface area contributed by atoms with Crippen LogP contribution in [0.1, 0.15) is 19.3 Å². The van der Waals surface area contributed by atoms with E-state index in [9.17, 15) is 8.42 Å². The number of nitrogens with one attached hydrogen (secondary N) is 1. The lowest BCUT2D eigenvalue weighted by Crippen LogP contribution is -2.28. The summed E-state index contributed by atoms with van der Waals surface area (Å²) in [7, 11) is -2.13. The van der Waals surface area contributed by atoms with Crippen molar-refractivity contribution in [2.75, 3.05) is 25.5 Å². The molecule has 0 aromatic heterocycles. The molecule has 2 fully saturated rings. The molecule has 1 saturated carbocycles. The number of likely N-dealkylation sites (tertiary alicyclic amines) is 1. The molecule has 116 valence electrons. The number of anilines is 1. The number of primary sulfonamides is 1. The molecule has 3 rings (SSSR count). The number of nitrogens with zero attached hydrogens (tertiary/aromatic N) is 1. The Morgan fingerprint density at radius 2 is 2.10 bits per heavy atom. The van der Waals surface area contributed by atoms with Gasteiger partial charge in [0.1, 0.15) is 5.75 Å². The van der Waals surface area contributed by atoms with Gasteiger partial charge >= 0.3 is 0 Å². The normalized spacial score (nSPS) is 23.2. The summed E-state index contributed by atoms with van der Waals surface area (Å²) in [5.41, 5.74) is 0.687. The van der Waals surface area contributed by atoms with E-state index in [0.29, 0.717) is 17.5 Å². The minimum Gasteiger partial charge on any atom is -0.495 e. The van der Waals surface area contributed by atoms with E-state index in [1.54, 1.807) is 19.2 Å². The van der Waals surface area contributed by atoms with E-state index in [1.165, 1.54) is 18.9 Å². The fraction of sp³-hybridized carbons (Fsp3) is 0.571. The molecule has 0 bridgehead atoms. The van der Waals surface area contributed by atoms with Gasteiger partial charge in [-0.2, -0.15) is 0 Å². The summed E-state index contributed by atoms with van der Waals surface area (Å²) in [5.74, 6) is 0.632. The minimum atomic E-state index is -3.70. The lowest BCUT2D eigenvalue weighted by molar-refractivity contribution is 0.326. The van der Waals surface area contributed by atoms with Gasteiger partial charge in [0, 0.05) is 25.2 Å². The second kappa shape index (κ2) is 5.47. The molecule has 2 aliphatic rings. The van der Waals surface area contributed by atoms with E-state index in [0.717, 1.165) is 25.6 Å². The third-order valence-corrected chi connectivity index (χ3v) is 5.05. The lowest BCUT2D eigenvalue weighted by atomic mass is 10.2. The van der Waals surface area contributed by atoms with E-state index in [2.05, 4.69) is 10.2 Å². The Morgan fingerprint density at radius 3 is 2.71 bits per heavy atom. The van der Waals surface area contributed by atoms with Gasteiger partial charge in [-0.3, -0.25) is 4.90 Å². The van der Waals surface area contributed by atoms with Crippen LogP contribution in [0.4, 0.5) is 5.69 Å². The van der Waals surface area contributed by atoms with Crippen molar-refractivity contribution in [1.82, 2.24) is 4.90 Å². The topological polar surface area (TPSA) is 84.7 Å². The fourth-order valence-corrected chi connectivity index (χ4v) is 3.41. The van der Waals surface area contributed by atoms with E-state index < -0.39 is 10.0 Å². The van der Waals surface area contributed by atoms with Crippen LogP contribution in [0.5, 0.6) is 5.75 Å². The third-order valence-electron chi connectivity index (χ3n) is 4.14. The zero-order valence-corrected chi connectivity index (χ0v) is 12.9. The zero-order valence-electron chi connectivity index (χ0n) is 12.1. The molecule has 1 saturated heterocycles. The summed E-state index contributed by atoms with van der Waals surface area (Å²) >= 11 is 0. The number of hydrogen-bond donors (Lipinski definition) is 2. The predicted octanol–water partition coefficient (Wildman–Crippen LogP) is 0.991. The first-order valence-electron chi connectivity index (χ1n) is 7.19. The summed E-state index contributed by atoms with van der Waals surface area (Å²) in [4.78, 5) is 2.59. The van der Waals surface area contributed by atoms with Gasteiger partial charge < -0.3 is 10.1 Å². The Morgan fingerprint density at radius 1 is 1.33 bits per heavy atom. The largest absolute Gasteiger partial charge is 0.495 e. The van der Waals surface area contributed by atoms with Crippen LogP contribution in [0.2, 0.25) is 0 Å². The molecule has 1 heterocycles. The molecule has 1 aromatic carbocycles. The molecule has 1 aromatic rings. The number of rotatable bonds is 5. The van der Waals surface area contributed by atoms with E-state index in [-0.39, 0.29) is 4.90 Å². The highest BCUT2D eigenvalue weighted by Gasteiger charge is 2.34. The van der Waals surface area contributed by atoms with Gasteiger partial charge in [-0.15, -0.1) is 0 Å². The van der Waals surface area contributed by atoms with Crippen molar-refractivity contribution in [2.45, 2.75) is 36.2 Å². The Bertz CT molecular complexity index is 628. The monoisotopic (exact) mass is 311 g/mol. The van der Waals surface area contributed by atoms with Gasteiger partial charge in [-0.25, -0.2) is 13.6 Å². The number of methoxy groups -OCH3 is 1. The first-order valence-corrected chi connectivity index (χ1v) is 8.73. The molecule has 0 spiro atoms. The van der Waals surface area contributed by atoms with E-state index in [1.807, 2.05) is 0 Å². The van der Waals surface area contributed by atoms with Crippen molar-refractivity contribution in [3.63, 3.8) is 0 Å². The van der Waals surface area contributed by atoms with Crippen molar-refractivity contribution in [2.24, 2.45) is 5.14 Å². The smallest absolute Gasteiger partial charge is 0.238 e. The third kappa shape index (κ3) is 3.30. The maximum atomic E-state index is 11.5. The Labute approximate surface area is 125 Å². The van der Waals surface area contributed by atoms with Crippen LogP contribution >= 0.6 is 0 Å². The first-order chi connectivity index (χ1) is 9.97. The first kappa shape index (κ1) is 14.6. The van der Waals surface area contributed by atoms with Crippen LogP contribution in [0, 0.1) is 0 Å². The molecule has 7 heteroatoms. The lowest BCUT2D eigenvalue weighted by Gasteiger charge is -2.18. The molecule has 1 aliphatic heterocycles. The van der Waals surface area contributed by atoms with Crippen LogP contribution < -0.4 is 15.2 Å². The zero-order chi connectivity index (χ0) is 15.0. The van der Waals surface area contributed by atoms with Gasteiger partial charge in [-0.1, -0.05) is 0 Å². The summed E-state index contributed by atoms with van der Waals surface area (Å²) in [5, 5.41) is 8.59. The Kier molecular flexibility index (Phi) is 3.81. The molecule has 6 nitrogen and oxygen atoms in total. The quantitative estimate of drug-likeness (QED) is 0.847. The van der Waals surface area contributed by atoms with Crippen molar-refractivity contribution < 1.29 is 13.2 Å². The SMILES string of the molecule is COc1ccc(S(N)(=O)=O)cc1NC1CCN(C2CC2)C1. The van der Waals surface area contributed by atoms with Crippen LogP contribution in [0.3, 0.4) is 0 Å². The maximum Gasteiger partial charge on any atom is 0.238 e. The summed E-state index contributed by atoms with van der Waals surface area (Å²) < 4.78 is 28.2. The van der Waals surface area contributed by atoms with E-state index in [4.69, 9.17) is 9.88 Å². The standard InChI is InChI=1S/C14H21N3O3S/c1-20-14-5-4-12(21(15,18)19)8-13(14)16-10-6-7-17(9-10)11-2-3-11/h4-5,8,10-11,16H,2-3,6-7,9H2,1H3,(H2,15,18,19). The minimum absolute atomic E-state index is 0.0999. The average Bonchev–Trinajstić information content (AvgIpc) is 3.18. The average molecular weight is 311 g/mol. The number of hydrogen-bond acceptors (Lipinski definition) is 5. The van der Waals surface area contributed by atoms with Gasteiger partial charge in [0.2, 0.25) is 10.0 Å². The summed E-state index contributed by atoms with van der Waals surface area (Å²) in [6.07, 6.45) is 3.66. The van der Waals surface area contributed by atoms with Crippen LogP contribution in [-0.2, 0) is 10.0 Å². The highest BCUT2D eigenvalue weighted by atomic mass is 32.2. The van der Waals surface area contributed by atoms with Gasteiger partial charge in [0.15, 0.2) is 0 Å². The molecule has 0 radical (unpaired) electrons. The van der Waals surface area contributed by atoms with E-state index >= 15 is 0 Å². The predicted molar refractivity (Wildman–Crippen MR) is 81.0 cm³/mol. The number of ether oxygens (including phenoxy) is 1. The van der Waals surface area contributed by atoms with Gasteiger partial charge in [-0.05, 0) is 37.5 Å². The molecule has 1 unspecified atom stereocenters. The fourth-order valence-electron chi connectivity index (χ4n) is 2.87. The number of nitrogens with two attached hydrogens (primary N) is 1. The second-order valence-corrected chi connectivity index (χ2v) is 7.32. The molecular formula is C14H21N3O3S. The molecule has 0 amide bonds. The maximum absolute atomic E-state index is 11.5. The molecule has 3 N–H and O–H groups in total. The number of benzene rings is 1.